The number of carbonyl (C=O) groups is 2. The maximum Gasteiger partial charge on any atom is 0.296 e. The summed E-state index contributed by atoms with van der Waals surface area (Å²) >= 11 is 2.70. The van der Waals surface area contributed by atoms with Gasteiger partial charge in [-0.1, -0.05) is 59.5 Å². The highest BCUT2D eigenvalue weighted by molar-refractivity contribution is 8.00. The summed E-state index contributed by atoms with van der Waals surface area (Å²) in [5.74, 6) is 0.204. The molecule has 0 saturated heterocycles. The summed E-state index contributed by atoms with van der Waals surface area (Å²) in [4.78, 5) is 28.5. The third-order valence-corrected chi connectivity index (χ3v) is 8.23. The molecule has 0 saturated carbocycles. The second kappa shape index (κ2) is 12.0. The average molecular weight is 578 g/mol. The zero-order valence-corrected chi connectivity index (χ0v) is 23.8. The highest BCUT2D eigenvalue weighted by Crippen LogP contribution is 2.45. The Hall–Kier alpha value is -4.09. The lowest BCUT2D eigenvalue weighted by Crippen LogP contribution is -2.31. The minimum atomic E-state index is -1.000. The fourth-order valence-corrected chi connectivity index (χ4v) is 6.18. The van der Waals surface area contributed by atoms with Gasteiger partial charge >= 0.3 is 0 Å². The van der Waals surface area contributed by atoms with Crippen molar-refractivity contribution in [2.45, 2.75) is 36.9 Å². The van der Waals surface area contributed by atoms with Crippen LogP contribution in [0.4, 0.5) is 5.13 Å². The molecule has 0 aliphatic carbocycles. The van der Waals surface area contributed by atoms with Crippen molar-refractivity contribution in [3.05, 3.63) is 94.6 Å². The number of aromatic nitrogens is 2. The molecule has 2 aromatic heterocycles. The van der Waals surface area contributed by atoms with Crippen LogP contribution >= 0.6 is 23.1 Å². The predicted octanol–water partition coefficient (Wildman–Crippen LogP) is 6.31. The van der Waals surface area contributed by atoms with E-state index in [1.807, 2.05) is 44.2 Å². The molecule has 1 aliphatic heterocycles. The van der Waals surface area contributed by atoms with Crippen LogP contribution in [0.25, 0.3) is 0 Å². The van der Waals surface area contributed by atoms with Crippen molar-refractivity contribution in [2.75, 3.05) is 18.1 Å². The van der Waals surface area contributed by atoms with Gasteiger partial charge in [-0.05, 0) is 56.2 Å². The Kier molecular flexibility index (Phi) is 8.22. The molecule has 1 atom stereocenters. The molecular formula is C29H27N3O6S2. The van der Waals surface area contributed by atoms with Crippen molar-refractivity contribution in [1.82, 2.24) is 10.2 Å². The van der Waals surface area contributed by atoms with E-state index in [9.17, 15) is 14.7 Å². The number of aliphatic hydroxyl groups is 1. The van der Waals surface area contributed by atoms with Crippen LogP contribution in [0.3, 0.4) is 0 Å². The molecule has 1 aliphatic rings. The van der Waals surface area contributed by atoms with Gasteiger partial charge in [0.05, 0.1) is 24.8 Å². The van der Waals surface area contributed by atoms with Crippen molar-refractivity contribution in [3.63, 3.8) is 0 Å². The fourth-order valence-electron chi connectivity index (χ4n) is 4.35. The van der Waals surface area contributed by atoms with Crippen LogP contribution in [0.5, 0.6) is 11.5 Å². The molecule has 9 nitrogen and oxygen atoms in total. The average Bonchev–Trinajstić information content (AvgIpc) is 3.67. The normalized spacial score (nSPS) is 15.1. The number of aliphatic hydroxyl groups excluding tert-OH is 1. The first-order chi connectivity index (χ1) is 19.4. The van der Waals surface area contributed by atoms with Crippen molar-refractivity contribution < 1.29 is 28.6 Å². The maximum absolute atomic E-state index is 13.6. The zero-order valence-electron chi connectivity index (χ0n) is 22.1. The Labute approximate surface area is 239 Å². The van der Waals surface area contributed by atoms with E-state index in [1.165, 1.54) is 34.1 Å². The summed E-state index contributed by atoms with van der Waals surface area (Å²) in [6.07, 6.45) is 0. The van der Waals surface area contributed by atoms with Gasteiger partial charge in [0.1, 0.15) is 5.76 Å². The van der Waals surface area contributed by atoms with Gasteiger partial charge < -0.3 is 19.0 Å². The van der Waals surface area contributed by atoms with Crippen LogP contribution in [0.2, 0.25) is 0 Å². The highest BCUT2D eigenvalue weighted by atomic mass is 32.2. The molecule has 3 heterocycles. The van der Waals surface area contributed by atoms with Gasteiger partial charge in [-0.15, -0.1) is 10.2 Å². The lowest BCUT2D eigenvalue weighted by Gasteiger charge is -2.24. The Morgan fingerprint density at radius 2 is 1.80 bits per heavy atom. The third-order valence-electron chi connectivity index (χ3n) is 6.11. The summed E-state index contributed by atoms with van der Waals surface area (Å²) in [6, 6.07) is 17.3. The van der Waals surface area contributed by atoms with E-state index in [4.69, 9.17) is 13.9 Å². The number of Topliss-reactive ketones (excluding diaryl/α,β-unsaturated/α-hetero) is 1. The number of nitrogens with zero attached hydrogens (tertiary/aromatic N) is 3. The van der Waals surface area contributed by atoms with E-state index >= 15 is 0 Å². The molecule has 40 heavy (non-hydrogen) atoms. The second-order valence-corrected chi connectivity index (χ2v) is 11.0. The molecular weight excluding hydrogens is 550 g/mol. The van der Waals surface area contributed by atoms with Crippen molar-refractivity contribution in [3.8, 4) is 11.5 Å². The largest absolute Gasteiger partial charge is 0.503 e. The predicted molar refractivity (Wildman–Crippen MR) is 152 cm³/mol. The lowest BCUT2D eigenvalue weighted by molar-refractivity contribution is -0.117. The van der Waals surface area contributed by atoms with Gasteiger partial charge in [0.15, 0.2) is 27.4 Å². The van der Waals surface area contributed by atoms with Crippen LogP contribution in [0.1, 0.15) is 47.3 Å². The SMILES string of the molecule is CCOc1ccc(C2C(C(=O)c3ccc(C)o3)=C(O)C(=O)N2c2nnc(SCc3ccccc3)s2)cc1OCC. The Morgan fingerprint density at radius 1 is 1.05 bits per heavy atom. The Bertz CT molecular complexity index is 1560. The number of ether oxygens (including phenoxy) is 2. The van der Waals surface area contributed by atoms with Gasteiger partial charge in [-0.25, -0.2) is 0 Å². The quantitative estimate of drug-likeness (QED) is 0.124. The number of hydrogen-bond acceptors (Lipinski definition) is 10. The fraction of sp³-hybridized carbons (Fsp3) is 0.241. The van der Waals surface area contributed by atoms with Crippen LogP contribution in [0.15, 0.2) is 80.8 Å². The zero-order chi connectivity index (χ0) is 28.2. The number of carbonyl (C=O) groups excluding carboxylic acids is 2. The van der Waals surface area contributed by atoms with E-state index < -0.39 is 23.5 Å². The number of ketones is 1. The molecule has 5 rings (SSSR count). The van der Waals surface area contributed by atoms with Crippen LogP contribution in [-0.4, -0.2) is 40.2 Å². The monoisotopic (exact) mass is 577 g/mol. The summed E-state index contributed by atoms with van der Waals surface area (Å²) in [7, 11) is 0. The first-order valence-electron chi connectivity index (χ1n) is 12.7. The van der Waals surface area contributed by atoms with Crippen molar-refractivity contribution >= 4 is 39.9 Å². The van der Waals surface area contributed by atoms with Gasteiger partial charge in [0.2, 0.25) is 10.9 Å². The number of furan rings is 1. The molecule has 206 valence electrons. The minimum absolute atomic E-state index is 0.0195. The summed E-state index contributed by atoms with van der Waals surface area (Å²) in [6.45, 7) is 6.25. The summed E-state index contributed by atoms with van der Waals surface area (Å²) < 4.78 is 17.7. The van der Waals surface area contributed by atoms with Crippen molar-refractivity contribution in [1.29, 1.82) is 0 Å². The minimum Gasteiger partial charge on any atom is -0.503 e. The number of anilines is 1. The van der Waals surface area contributed by atoms with Crippen LogP contribution in [-0.2, 0) is 10.5 Å². The first kappa shape index (κ1) is 27.5. The molecule has 0 fully saturated rings. The van der Waals surface area contributed by atoms with E-state index in [1.54, 1.807) is 31.2 Å². The van der Waals surface area contributed by atoms with E-state index in [0.717, 1.165) is 5.56 Å². The molecule has 0 spiro atoms. The van der Waals surface area contributed by atoms with Gasteiger partial charge in [-0.2, -0.15) is 0 Å². The number of rotatable bonds is 11. The number of amides is 1. The summed E-state index contributed by atoms with van der Waals surface area (Å²) in [5.41, 5.74) is 1.54. The molecule has 0 bridgehead atoms. The second-order valence-electron chi connectivity index (χ2n) is 8.78. The Morgan fingerprint density at radius 3 is 2.50 bits per heavy atom. The topological polar surface area (TPSA) is 115 Å². The molecule has 0 radical (unpaired) electrons. The van der Waals surface area contributed by atoms with E-state index in [-0.39, 0.29) is 16.5 Å². The Balaban J connectivity index is 1.55. The van der Waals surface area contributed by atoms with Gasteiger partial charge in [0.25, 0.3) is 5.91 Å². The number of benzene rings is 2. The van der Waals surface area contributed by atoms with Crippen LogP contribution in [0, 0.1) is 6.92 Å². The number of aryl methyl sites for hydroxylation is 1. The maximum atomic E-state index is 13.6. The first-order valence-corrected chi connectivity index (χ1v) is 14.5. The molecule has 1 unspecified atom stereocenters. The summed E-state index contributed by atoms with van der Waals surface area (Å²) in [5, 5.41) is 19.8. The van der Waals surface area contributed by atoms with Gasteiger partial charge in [0, 0.05) is 5.75 Å². The van der Waals surface area contributed by atoms with E-state index in [0.29, 0.717) is 46.1 Å². The molecule has 2 aromatic carbocycles. The van der Waals surface area contributed by atoms with E-state index in [2.05, 4.69) is 10.2 Å². The number of hydrogen-bond donors (Lipinski definition) is 1. The third kappa shape index (κ3) is 5.47. The molecule has 4 aromatic rings. The lowest BCUT2D eigenvalue weighted by atomic mass is 9.95. The highest BCUT2D eigenvalue weighted by Gasteiger charge is 2.47. The van der Waals surface area contributed by atoms with Gasteiger partial charge in [-0.3, -0.25) is 14.5 Å². The molecule has 1 amide bonds. The van der Waals surface area contributed by atoms with Crippen LogP contribution < -0.4 is 14.4 Å². The molecule has 1 N–H and O–H groups in total. The smallest absolute Gasteiger partial charge is 0.296 e. The standard InChI is InChI=1S/C29H27N3O6S2/c1-4-36-20-14-12-19(15-22(20)37-5-2)24-23(25(33)21-13-11-17(3)38-21)26(34)27(35)32(24)28-30-31-29(40-28)39-16-18-9-7-6-8-10-18/h6-15,24,34H,4-5,16H2,1-3H3. The number of thioether (sulfide) groups is 1. The molecule has 11 heteroatoms. The van der Waals surface area contributed by atoms with Crippen molar-refractivity contribution in [2.24, 2.45) is 0 Å².